The monoisotopic (exact) mass is 269 g/mol. The zero-order valence-electron chi connectivity index (χ0n) is 11.8. The number of halogens is 1. The minimum Gasteiger partial charge on any atom is -0.306 e. The lowest BCUT2D eigenvalue weighted by molar-refractivity contribution is 0.571. The van der Waals surface area contributed by atoms with Gasteiger partial charge in [0.05, 0.1) is 0 Å². The third kappa shape index (κ3) is 3.26. The summed E-state index contributed by atoms with van der Waals surface area (Å²) >= 11 is 0. The van der Waals surface area contributed by atoms with Crippen molar-refractivity contribution in [1.82, 2.24) is 5.32 Å². The van der Waals surface area contributed by atoms with Crippen LogP contribution >= 0.6 is 0 Å². The van der Waals surface area contributed by atoms with Gasteiger partial charge in [-0.25, -0.2) is 4.39 Å². The third-order valence-corrected chi connectivity index (χ3v) is 4.01. The highest BCUT2D eigenvalue weighted by Crippen LogP contribution is 2.39. The third-order valence-electron chi connectivity index (χ3n) is 4.01. The Bertz CT molecular complexity index is 555. The van der Waals surface area contributed by atoms with Crippen LogP contribution in [0.15, 0.2) is 48.5 Å². The van der Waals surface area contributed by atoms with Gasteiger partial charge in [0.15, 0.2) is 0 Å². The summed E-state index contributed by atoms with van der Waals surface area (Å²) in [6.45, 7) is 2.94. The maximum Gasteiger partial charge on any atom is 0.123 e. The van der Waals surface area contributed by atoms with E-state index in [0.717, 1.165) is 18.0 Å². The highest BCUT2D eigenvalue weighted by Gasteiger charge is 2.22. The molecule has 1 nitrogen and oxygen atoms in total. The minimum absolute atomic E-state index is 0.184. The maximum absolute atomic E-state index is 12.9. The van der Waals surface area contributed by atoms with Crippen molar-refractivity contribution in [2.75, 3.05) is 0 Å². The summed E-state index contributed by atoms with van der Waals surface area (Å²) in [4.78, 5) is 0. The Kier molecular flexibility index (Phi) is 3.83. The van der Waals surface area contributed by atoms with Gasteiger partial charge in [-0.2, -0.15) is 0 Å². The lowest BCUT2D eigenvalue weighted by Crippen LogP contribution is -2.18. The molecule has 1 N–H and O–H groups in total. The minimum atomic E-state index is -0.184. The molecule has 0 radical (unpaired) electrons. The SMILES string of the molecule is C[C@@H](NCc1ccc(C2CC2)cc1)c1ccc(F)cc1. The molecule has 1 fully saturated rings. The number of hydrogen-bond donors (Lipinski definition) is 1. The number of nitrogens with one attached hydrogen (secondary N) is 1. The molecule has 20 heavy (non-hydrogen) atoms. The van der Waals surface area contributed by atoms with Gasteiger partial charge in [-0.1, -0.05) is 36.4 Å². The molecular weight excluding hydrogens is 249 g/mol. The van der Waals surface area contributed by atoms with E-state index in [9.17, 15) is 4.39 Å². The predicted molar refractivity (Wildman–Crippen MR) is 80.1 cm³/mol. The summed E-state index contributed by atoms with van der Waals surface area (Å²) in [5.74, 6) is 0.631. The van der Waals surface area contributed by atoms with Gasteiger partial charge < -0.3 is 5.32 Å². The summed E-state index contributed by atoms with van der Waals surface area (Å²) in [7, 11) is 0. The topological polar surface area (TPSA) is 12.0 Å². The zero-order chi connectivity index (χ0) is 13.9. The van der Waals surface area contributed by atoms with Crippen LogP contribution in [-0.2, 0) is 6.54 Å². The second-order valence-electron chi connectivity index (χ2n) is 5.67. The first kappa shape index (κ1) is 13.3. The van der Waals surface area contributed by atoms with E-state index in [4.69, 9.17) is 0 Å². The van der Waals surface area contributed by atoms with E-state index >= 15 is 0 Å². The highest BCUT2D eigenvalue weighted by atomic mass is 19.1. The first-order valence-electron chi connectivity index (χ1n) is 7.30. The van der Waals surface area contributed by atoms with Gasteiger partial charge in [-0.05, 0) is 54.5 Å². The molecule has 1 aliphatic rings. The predicted octanol–water partition coefficient (Wildman–Crippen LogP) is 4.55. The largest absolute Gasteiger partial charge is 0.306 e. The van der Waals surface area contributed by atoms with Gasteiger partial charge in [-0.15, -0.1) is 0 Å². The maximum atomic E-state index is 12.9. The second-order valence-corrected chi connectivity index (χ2v) is 5.67. The van der Waals surface area contributed by atoms with Crippen LogP contribution in [0.3, 0.4) is 0 Å². The van der Waals surface area contributed by atoms with Crippen molar-refractivity contribution < 1.29 is 4.39 Å². The normalized spacial score (nSPS) is 16.1. The van der Waals surface area contributed by atoms with Crippen LogP contribution in [0.5, 0.6) is 0 Å². The number of rotatable bonds is 5. The molecule has 1 saturated carbocycles. The molecule has 1 aliphatic carbocycles. The van der Waals surface area contributed by atoms with Gasteiger partial charge in [0.25, 0.3) is 0 Å². The molecule has 0 bridgehead atoms. The van der Waals surface area contributed by atoms with Gasteiger partial charge >= 0.3 is 0 Å². The van der Waals surface area contributed by atoms with E-state index in [1.165, 1.54) is 36.1 Å². The Morgan fingerprint density at radius 1 is 1.05 bits per heavy atom. The number of hydrogen-bond acceptors (Lipinski definition) is 1. The molecule has 0 amide bonds. The molecule has 0 spiro atoms. The van der Waals surface area contributed by atoms with Gasteiger partial charge in [0.1, 0.15) is 5.82 Å². The number of benzene rings is 2. The summed E-state index contributed by atoms with van der Waals surface area (Å²) in [6, 6.07) is 15.8. The summed E-state index contributed by atoms with van der Waals surface area (Å²) < 4.78 is 12.9. The zero-order valence-corrected chi connectivity index (χ0v) is 11.8. The van der Waals surface area contributed by atoms with Crippen LogP contribution in [0.25, 0.3) is 0 Å². The Morgan fingerprint density at radius 3 is 2.30 bits per heavy atom. The first-order chi connectivity index (χ1) is 9.72. The molecule has 0 heterocycles. The van der Waals surface area contributed by atoms with Crippen molar-refractivity contribution >= 4 is 0 Å². The molecule has 0 aromatic heterocycles. The molecular formula is C18H20FN. The van der Waals surface area contributed by atoms with E-state index in [-0.39, 0.29) is 11.9 Å². The molecule has 2 aromatic carbocycles. The molecule has 104 valence electrons. The molecule has 2 heteroatoms. The fraction of sp³-hybridized carbons (Fsp3) is 0.333. The van der Waals surface area contributed by atoms with Crippen molar-refractivity contribution in [3.63, 3.8) is 0 Å². The van der Waals surface area contributed by atoms with Crippen molar-refractivity contribution in [3.05, 3.63) is 71.0 Å². The molecule has 3 rings (SSSR count). The fourth-order valence-corrected chi connectivity index (χ4v) is 2.46. The standard InChI is InChI=1S/C18H20FN/c1-13(15-8-10-18(19)11-9-15)20-12-14-2-4-16(5-3-14)17-6-7-17/h2-5,8-11,13,17,20H,6-7,12H2,1H3/t13-/m1/s1. The van der Waals surface area contributed by atoms with Crippen molar-refractivity contribution in [2.45, 2.75) is 38.3 Å². The fourth-order valence-electron chi connectivity index (χ4n) is 2.46. The van der Waals surface area contributed by atoms with Gasteiger partial charge in [0.2, 0.25) is 0 Å². The summed E-state index contributed by atoms with van der Waals surface area (Å²) in [6.07, 6.45) is 2.69. The van der Waals surface area contributed by atoms with E-state index in [0.29, 0.717) is 0 Å². The Balaban J connectivity index is 1.56. The Hall–Kier alpha value is -1.67. The van der Waals surface area contributed by atoms with Crippen molar-refractivity contribution in [1.29, 1.82) is 0 Å². The van der Waals surface area contributed by atoms with Crippen LogP contribution in [0.2, 0.25) is 0 Å². The quantitative estimate of drug-likeness (QED) is 0.839. The van der Waals surface area contributed by atoms with Crippen LogP contribution < -0.4 is 5.32 Å². The molecule has 1 atom stereocenters. The summed E-state index contributed by atoms with van der Waals surface area (Å²) in [5.41, 5.74) is 3.88. The van der Waals surface area contributed by atoms with Crippen LogP contribution in [0.4, 0.5) is 4.39 Å². The smallest absolute Gasteiger partial charge is 0.123 e. The van der Waals surface area contributed by atoms with Crippen molar-refractivity contribution in [3.8, 4) is 0 Å². The van der Waals surface area contributed by atoms with E-state index in [1.54, 1.807) is 0 Å². The summed E-state index contributed by atoms with van der Waals surface area (Å²) in [5, 5.41) is 3.48. The Labute approximate surface area is 119 Å². The van der Waals surface area contributed by atoms with Crippen LogP contribution in [-0.4, -0.2) is 0 Å². The van der Waals surface area contributed by atoms with Crippen LogP contribution in [0, 0.1) is 5.82 Å². The van der Waals surface area contributed by atoms with E-state index in [2.05, 4.69) is 36.5 Å². The molecule has 0 unspecified atom stereocenters. The van der Waals surface area contributed by atoms with Gasteiger partial charge in [-0.3, -0.25) is 0 Å². The highest BCUT2D eigenvalue weighted by molar-refractivity contribution is 5.28. The van der Waals surface area contributed by atoms with E-state index in [1.807, 2.05) is 12.1 Å². The first-order valence-corrected chi connectivity index (χ1v) is 7.30. The van der Waals surface area contributed by atoms with Crippen LogP contribution in [0.1, 0.15) is 48.4 Å². The average molecular weight is 269 g/mol. The van der Waals surface area contributed by atoms with Gasteiger partial charge in [0, 0.05) is 12.6 Å². The molecule has 2 aromatic rings. The lowest BCUT2D eigenvalue weighted by Gasteiger charge is -2.14. The average Bonchev–Trinajstić information content (AvgIpc) is 3.31. The molecule has 0 aliphatic heterocycles. The second kappa shape index (κ2) is 5.76. The van der Waals surface area contributed by atoms with E-state index < -0.39 is 0 Å². The lowest BCUT2D eigenvalue weighted by atomic mass is 10.1. The molecule has 0 saturated heterocycles. The Morgan fingerprint density at radius 2 is 1.70 bits per heavy atom. The van der Waals surface area contributed by atoms with Crippen molar-refractivity contribution in [2.24, 2.45) is 0 Å².